The van der Waals surface area contributed by atoms with Gasteiger partial charge in [-0.2, -0.15) is 0 Å². The fraction of sp³-hybridized carbons (Fsp3) is 0. The van der Waals surface area contributed by atoms with Crippen LogP contribution in [0.1, 0.15) is 0 Å². The van der Waals surface area contributed by atoms with E-state index in [1.807, 2.05) is 36.5 Å². The molecule has 0 unspecified atom stereocenters. The number of benzene rings is 7. The minimum Gasteiger partial charge on any atom is -0.284 e. The maximum atomic E-state index is 5.25. The maximum Gasteiger partial charge on any atom is 0.165 e. The molecule has 0 amide bonds. The lowest BCUT2D eigenvalue weighted by atomic mass is 9.98. The number of imidazole rings is 1. The van der Waals surface area contributed by atoms with E-state index in [1.165, 1.54) is 0 Å². The molecule has 59 heavy (non-hydrogen) atoms. The van der Waals surface area contributed by atoms with Crippen molar-refractivity contribution in [3.8, 4) is 78.5 Å². The molecule has 0 bridgehead atoms. The van der Waals surface area contributed by atoms with Gasteiger partial charge in [0.1, 0.15) is 11.2 Å². The number of aromatic nitrogens is 5. The molecule has 0 atom stereocenters. The first-order valence-corrected chi connectivity index (χ1v) is 19.8. The van der Waals surface area contributed by atoms with Crippen LogP contribution in [0, 0.1) is 0 Å². The van der Waals surface area contributed by atoms with Crippen molar-refractivity contribution in [3.63, 3.8) is 0 Å². The van der Waals surface area contributed by atoms with Gasteiger partial charge in [0.25, 0.3) is 0 Å². The Kier molecular flexibility index (Phi) is 8.41. The Morgan fingerprint density at radius 2 is 0.780 bits per heavy atom. The van der Waals surface area contributed by atoms with Gasteiger partial charge >= 0.3 is 0 Å². The Hall–Kier alpha value is -8.02. The number of fused-ring (bicyclic) bond motifs is 5. The van der Waals surface area contributed by atoms with Crippen LogP contribution in [0.4, 0.5) is 0 Å². The molecule has 0 N–H and O–H groups in total. The average molecular weight is 754 g/mol. The molecular weight excluding hydrogens is 719 g/mol. The van der Waals surface area contributed by atoms with Crippen LogP contribution in [0.3, 0.4) is 0 Å². The monoisotopic (exact) mass is 753 g/mol. The summed E-state index contributed by atoms with van der Waals surface area (Å²) < 4.78 is 2.06. The van der Waals surface area contributed by atoms with Crippen molar-refractivity contribution in [3.05, 3.63) is 212 Å². The molecule has 11 rings (SSSR count). The van der Waals surface area contributed by atoms with E-state index in [9.17, 15) is 0 Å². The summed E-state index contributed by atoms with van der Waals surface area (Å²) in [7, 11) is 0. The molecule has 0 spiro atoms. The number of hydrogen-bond donors (Lipinski definition) is 0. The molecule has 0 aliphatic carbocycles. The molecule has 0 aliphatic rings. The van der Waals surface area contributed by atoms with E-state index < -0.39 is 0 Å². The van der Waals surface area contributed by atoms with Gasteiger partial charge in [-0.15, -0.1) is 0 Å². The van der Waals surface area contributed by atoms with Crippen molar-refractivity contribution in [2.45, 2.75) is 0 Å². The number of pyridine rings is 2. The fourth-order valence-corrected chi connectivity index (χ4v) is 8.06. The van der Waals surface area contributed by atoms with Gasteiger partial charge in [0.2, 0.25) is 0 Å². The van der Waals surface area contributed by atoms with Gasteiger partial charge in [0, 0.05) is 39.2 Å². The zero-order chi connectivity index (χ0) is 39.1. The van der Waals surface area contributed by atoms with Crippen molar-refractivity contribution in [2.75, 3.05) is 0 Å². The minimum atomic E-state index is 0.670. The smallest absolute Gasteiger partial charge is 0.165 e. The summed E-state index contributed by atoms with van der Waals surface area (Å²) in [6, 6.07) is 71.9. The van der Waals surface area contributed by atoms with Gasteiger partial charge in [-0.1, -0.05) is 170 Å². The number of rotatable bonds is 7. The van der Waals surface area contributed by atoms with Crippen molar-refractivity contribution in [1.82, 2.24) is 24.3 Å². The molecule has 4 heterocycles. The fourth-order valence-electron chi connectivity index (χ4n) is 8.06. The van der Waals surface area contributed by atoms with Crippen LogP contribution >= 0.6 is 0 Å². The lowest BCUT2D eigenvalue weighted by Gasteiger charge is -2.12. The number of hydrogen-bond acceptors (Lipinski definition) is 4. The first-order valence-electron chi connectivity index (χ1n) is 19.8. The topological polar surface area (TPSA) is 56.0 Å². The first kappa shape index (κ1) is 34.2. The van der Waals surface area contributed by atoms with Crippen LogP contribution in [0.15, 0.2) is 212 Å². The van der Waals surface area contributed by atoms with Crippen LogP contribution < -0.4 is 0 Å². The van der Waals surface area contributed by atoms with Gasteiger partial charge in [-0.05, 0) is 69.8 Å². The van der Waals surface area contributed by atoms with Gasteiger partial charge in [0.15, 0.2) is 11.5 Å². The maximum absolute atomic E-state index is 5.25. The quantitative estimate of drug-likeness (QED) is 0.163. The molecular formula is C54H35N5. The molecule has 0 saturated carbocycles. The molecule has 0 aliphatic heterocycles. The minimum absolute atomic E-state index is 0.670. The summed E-state index contributed by atoms with van der Waals surface area (Å²) in [5.74, 6) is 0.670. The van der Waals surface area contributed by atoms with E-state index in [0.717, 1.165) is 100 Å². The highest BCUT2D eigenvalue weighted by Gasteiger charge is 2.16. The molecule has 11 aromatic rings. The summed E-state index contributed by atoms with van der Waals surface area (Å²) in [4.78, 5) is 20.6. The van der Waals surface area contributed by atoms with Crippen molar-refractivity contribution in [2.24, 2.45) is 0 Å². The van der Waals surface area contributed by atoms with Crippen LogP contribution in [0.25, 0.3) is 106 Å². The molecule has 0 saturated heterocycles. The van der Waals surface area contributed by atoms with Crippen molar-refractivity contribution >= 4 is 27.6 Å². The van der Waals surface area contributed by atoms with E-state index in [4.69, 9.17) is 19.9 Å². The molecule has 276 valence electrons. The van der Waals surface area contributed by atoms with Crippen LogP contribution in [-0.4, -0.2) is 24.3 Å². The van der Waals surface area contributed by atoms with Gasteiger partial charge < -0.3 is 0 Å². The molecule has 4 aromatic heterocycles. The second-order valence-corrected chi connectivity index (χ2v) is 14.7. The van der Waals surface area contributed by atoms with Crippen molar-refractivity contribution < 1.29 is 0 Å². The van der Waals surface area contributed by atoms with Crippen molar-refractivity contribution in [1.29, 1.82) is 0 Å². The third kappa shape index (κ3) is 6.41. The Morgan fingerprint density at radius 3 is 1.41 bits per heavy atom. The molecule has 5 heteroatoms. The van der Waals surface area contributed by atoms with Crippen LogP contribution in [0.2, 0.25) is 0 Å². The molecule has 5 nitrogen and oxygen atoms in total. The van der Waals surface area contributed by atoms with Crippen LogP contribution in [-0.2, 0) is 0 Å². The van der Waals surface area contributed by atoms with E-state index in [2.05, 4.69) is 180 Å². The Labute approximate surface area is 341 Å². The summed E-state index contributed by atoms with van der Waals surface area (Å²) in [6.07, 6.45) is 2.03. The lowest BCUT2D eigenvalue weighted by Crippen LogP contribution is -1.96. The Bertz CT molecular complexity index is 3220. The summed E-state index contributed by atoms with van der Waals surface area (Å²) in [5, 5.41) is 2.17. The highest BCUT2D eigenvalue weighted by Crippen LogP contribution is 2.36. The number of nitrogens with zero attached hydrogens (tertiary/aromatic N) is 5. The highest BCUT2D eigenvalue weighted by atomic mass is 15.1. The summed E-state index contributed by atoms with van der Waals surface area (Å²) in [6.45, 7) is 0. The largest absolute Gasteiger partial charge is 0.284 e. The standard InChI is InChI=1S/C54H35N5/c1-3-14-36(15-4-1)40-18-11-21-43(32-40)48-35-49(44-22-12-19-41(33-44)37-16-5-2-6-17-37)56-53(55-48)45-23-13-20-42(34-45)38-27-29-39(30-28-38)51-46-24-7-8-25-47(46)52-54(58-51)59-31-10-9-26-50(59)57-52/h1-35H. The molecule has 0 fully saturated rings. The average Bonchev–Trinajstić information content (AvgIpc) is 3.71. The van der Waals surface area contributed by atoms with E-state index >= 15 is 0 Å². The summed E-state index contributed by atoms with van der Waals surface area (Å²) in [5.41, 5.74) is 16.2. The highest BCUT2D eigenvalue weighted by molar-refractivity contribution is 6.09. The third-order valence-corrected chi connectivity index (χ3v) is 11.0. The van der Waals surface area contributed by atoms with Crippen LogP contribution in [0.5, 0.6) is 0 Å². The van der Waals surface area contributed by atoms with Gasteiger partial charge in [0.05, 0.1) is 17.1 Å². The second kappa shape index (κ2) is 14.5. The van der Waals surface area contributed by atoms with E-state index in [-0.39, 0.29) is 0 Å². The SMILES string of the molecule is c1ccc(-c2cccc(-c3cc(-c4cccc(-c5ccccc5)c4)nc(-c4cccc(-c5ccc(-c6nc7c(nc8ccccn87)c7ccccc67)cc5)c4)n3)c2)cc1. The molecule has 7 aromatic carbocycles. The van der Waals surface area contributed by atoms with Gasteiger partial charge in [-0.25, -0.2) is 19.9 Å². The second-order valence-electron chi connectivity index (χ2n) is 14.7. The predicted octanol–water partition coefficient (Wildman–Crippen LogP) is 13.5. The zero-order valence-electron chi connectivity index (χ0n) is 31.9. The predicted molar refractivity (Wildman–Crippen MR) is 242 cm³/mol. The van der Waals surface area contributed by atoms with Gasteiger partial charge in [-0.3, -0.25) is 4.40 Å². The lowest BCUT2D eigenvalue weighted by molar-refractivity contribution is 1.18. The summed E-state index contributed by atoms with van der Waals surface area (Å²) >= 11 is 0. The first-order chi connectivity index (χ1) is 29.2. The zero-order valence-corrected chi connectivity index (χ0v) is 31.9. The van der Waals surface area contributed by atoms with E-state index in [0.29, 0.717) is 5.82 Å². The Balaban J connectivity index is 0.997. The molecule has 0 radical (unpaired) electrons. The Morgan fingerprint density at radius 1 is 0.305 bits per heavy atom. The third-order valence-electron chi connectivity index (χ3n) is 11.0. The normalized spacial score (nSPS) is 11.4. The van der Waals surface area contributed by atoms with E-state index in [1.54, 1.807) is 0 Å².